The summed E-state index contributed by atoms with van der Waals surface area (Å²) in [6.45, 7) is 5.48. The lowest BCUT2D eigenvalue weighted by atomic mass is 9.88. The molecule has 0 aromatic heterocycles. The van der Waals surface area contributed by atoms with Gasteiger partial charge in [0.1, 0.15) is 0 Å². The van der Waals surface area contributed by atoms with Crippen molar-refractivity contribution in [1.29, 1.82) is 0 Å². The van der Waals surface area contributed by atoms with Crippen LogP contribution < -0.4 is 0 Å². The lowest BCUT2D eigenvalue weighted by Crippen LogP contribution is -2.43. The van der Waals surface area contributed by atoms with Gasteiger partial charge in [0.15, 0.2) is 0 Å². The van der Waals surface area contributed by atoms with Crippen molar-refractivity contribution in [2.24, 2.45) is 0 Å². The summed E-state index contributed by atoms with van der Waals surface area (Å²) in [6.07, 6.45) is 0.345. The molecule has 1 saturated heterocycles. The molecular formula is C6H11BO3. The molecule has 0 N–H and O–H groups in total. The van der Waals surface area contributed by atoms with E-state index in [2.05, 4.69) is 0 Å². The second-order valence-corrected chi connectivity index (χ2v) is 3.11. The van der Waals surface area contributed by atoms with E-state index >= 15 is 0 Å². The Bertz CT molecular complexity index is 155. The highest BCUT2D eigenvalue weighted by molar-refractivity contribution is 6.45. The van der Waals surface area contributed by atoms with E-state index in [-0.39, 0.29) is 11.6 Å². The van der Waals surface area contributed by atoms with E-state index in [1.54, 1.807) is 6.82 Å². The van der Waals surface area contributed by atoms with Crippen molar-refractivity contribution in [3.63, 3.8) is 0 Å². The van der Waals surface area contributed by atoms with Gasteiger partial charge in [-0.25, -0.2) is 0 Å². The number of carbonyl (C=O) groups excluding carboxylic acids is 1. The topological polar surface area (TPSA) is 35.5 Å². The normalized spacial score (nSPS) is 24.3. The molecule has 0 spiro atoms. The minimum absolute atomic E-state index is 0.177. The number of hydrogen-bond donors (Lipinski definition) is 0. The molecular weight excluding hydrogens is 131 g/mol. The van der Waals surface area contributed by atoms with Crippen LogP contribution in [0.25, 0.3) is 0 Å². The highest BCUT2D eigenvalue weighted by atomic mass is 16.6. The maximum atomic E-state index is 10.8. The minimum atomic E-state index is -0.392. The van der Waals surface area contributed by atoms with Crippen molar-refractivity contribution in [3.8, 4) is 0 Å². The molecule has 56 valence electrons. The molecule has 10 heavy (non-hydrogen) atoms. The van der Waals surface area contributed by atoms with Gasteiger partial charge in [-0.2, -0.15) is 0 Å². The average molecular weight is 142 g/mol. The Morgan fingerprint density at radius 2 is 2.20 bits per heavy atom. The monoisotopic (exact) mass is 142 g/mol. The largest absolute Gasteiger partial charge is 0.524 e. The van der Waals surface area contributed by atoms with Gasteiger partial charge in [-0.3, -0.25) is 4.79 Å². The highest BCUT2D eigenvalue weighted by Crippen LogP contribution is 2.21. The zero-order chi connectivity index (χ0) is 7.78. The number of carbonyl (C=O) groups is 1. The SMILES string of the molecule is CB1OC(=O)CC(C)(C)O1. The molecule has 0 aromatic rings. The Hall–Kier alpha value is -0.505. The predicted molar refractivity (Wildman–Crippen MR) is 37.5 cm³/mol. The highest BCUT2D eigenvalue weighted by Gasteiger charge is 2.35. The van der Waals surface area contributed by atoms with Gasteiger partial charge in [0.25, 0.3) is 5.97 Å². The summed E-state index contributed by atoms with van der Waals surface area (Å²) in [5, 5.41) is 0. The first kappa shape index (κ1) is 7.60. The minimum Gasteiger partial charge on any atom is -0.510 e. The average Bonchev–Trinajstić information content (AvgIpc) is 1.54. The number of hydrogen-bond acceptors (Lipinski definition) is 3. The van der Waals surface area contributed by atoms with Crippen LogP contribution in [0.3, 0.4) is 0 Å². The van der Waals surface area contributed by atoms with E-state index < -0.39 is 7.12 Å². The third-order valence-corrected chi connectivity index (χ3v) is 1.35. The van der Waals surface area contributed by atoms with E-state index in [9.17, 15) is 4.79 Å². The van der Waals surface area contributed by atoms with Gasteiger partial charge in [0, 0.05) is 0 Å². The van der Waals surface area contributed by atoms with Crippen LogP contribution >= 0.6 is 0 Å². The molecule has 1 fully saturated rings. The summed E-state index contributed by atoms with van der Waals surface area (Å²) < 4.78 is 10.1. The molecule has 1 aliphatic heterocycles. The first-order chi connectivity index (χ1) is 4.49. The van der Waals surface area contributed by atoms with E-state index in [4.69, 9.17) is 9.31 Å². The molecule has 0 aliphatic carbocycles. The van der Waals surface area contributed by atoms with Crippen molar-refractivity contribution in [3.05, 3.63) is 0 Å². The summed E-state index contributed by atoms with van der Waals surface area (Å²) in [5.74, 6) is -0.177. The van der Waals surface area contributed by atoms with Crippen molar-refractivity contribution in [1.82, 2.24) is 0 Å². The Labute approximate surface area is 60.8 Å². The van der Waals surface area contributed by atoms with Crippen LogP contribution in [0.2, 0.25) is 6.82 Å². The molecule has 1 aliphatic rings. The van der Waals surface area contributed by atoms with E-state index in [1.807, 2.05) is 13.8 Å². The zero-order valence-electron chi connectivity index (χ0n) is 6.51. The molecule has 1 rings (SSSR count). The third kappa shape index (κ3) is 1.74. The summed E-state index contributed by atoms with van der Waals surface area (Å²) >= 11 is 0. The van der Waals surface area contributed by atoms with Gasteiger partial charge >= 0.3 is 7.12 Å². The van der Waals surface area contributed by atoms with Crippen molar-refractivity contribution in [2.75, 3.05) is 0 Å². The Morgan fingerprint density at radius 3 is 2.60 bits per heavy atom. The molecule has 0 atom stereocenters. The van der Waals surface area contributed by atoms with Gasteiger partial charge < -0.3 is 9.31 Å². The standard InChI is InChI=1S/C6H11BO3/c1-6(2)4-5(8)9-7(3)10-6/h4H2,1-3H3. The fraction of sp³-hybridized carbons (Fsp3) is 0.833. The molecule has 0 amide bonds. The third-order valence-electron chi connectivity index (χ3n) is 1.35. The first-order valence-electron chi connectivity index (χ1n) is 3.37. The Balaban J connectivity index is 2.59. The molecule has 0 unspecified atom stereocenters. The van der Waals surface area contributed by atoms with Gasteiger partial charge in [-0.1, -0.05) is 0 Å². The smallest absolute Gasteiger partial charge is 0.510 e. The molecule has 1 heterocycles. The maximum Gasteiger partial charge on any atom is 0.524 e. The van der Waals surface area contributed by atoms with Crippen LogP contribution in [-0.4, -0.2) is 18.7 Å². The molecule has 0 saturated carbocycles. The van der Waals surface area contributed by atoms with E-state index in [1.165, 1.54) is 0 Å². The summed E-state index contributed by atoms with van der Waals surface area (Å²) in [6, 6.07) is 0. The molecule has 0 radical (unpaired) electrons. The zero-order valence-corrected chi connectivity index (χ0v) is 6.51. The first-order valence-corrected chi connectivity index (χ1v) is 3.37. The van der Waals surface area contributed by atoms with Crippen LogP contribution in [0.15, 0.2) is 0 Å². The fourth-order valence-corrected chi connectivity index (χ4v) is 1.09. The quantitative estimate of drug-likeness (QED) is 0.470. The van der Waals surface area contributed by atoms with Crippen LogP contribution in [0.1, 0.15) is 20.3 Å². The second kappa shape index (κ2) is 2.27. The second-order valence-electron chi connectivity index (χ2n) is 3.11. The Morgan fingerprint density at radius 1 is 1.60 bits per heavy atom. The molecule has 0 bridgehead atoms. The number of rotatable bonds is 0. The van der Waals surface area contributed by atoms with E-state index in [0.29, 0.717) is 6.42 Å². The van der Waals surface area contributed by atoms with E-state index in [0.717, 1.165) is 0 Å². The lowest BCUT2D eigenvalue weighted by molar-refractivity contribution is -0.146. The molecule has 0 aromatic carbocycles. The lowest BCUT2D eigenvalue weighted by Gasteiger charge is -2.31. The maximum absolute atomic E-state index is 10.8. The summed E-state index contributed by atoms with van der Waals surface area (Å²) in [5.41, 5.74) is -0.352. The summed E-state index contributed by atoms with van der Waals surface area (Å²) in [4.78, 5) is 10.8. The molecule has 3 nitrogen and oxygen atoms in total. The predicted octanol–water partition coefficient (Wildman–Crippen LogP) is 0.847. The summed E-state index contributed by atoms with van der Waals surface area (Å²) in [7, 11) is -0.392. The van der Waals surface area contributed by atoms with Gasteiger partial charge in [0.05, 0.1) is 12.0 Å². The van der Waals surface area contributed by atoms with Crippen molar-refractivity contribution in [2.45, 2.75) is 32.7 Å². The van der Waals surface area contributed by atoms with Crippen LogP contribution in [0, 0.1) is 0 Å². The van der Waals surface area contributed by atoms with Crippen LogP contribution in [0.5, 0.6) is 0 Å². The van der Waals surface area contributed by atoms with Crippen LogP contribution in [-0.2, 0) is 14.1 Å². The molecule has 4 heteroatoms. The van der Waals surface area contributed by atoms with Gasteiger partial charge in [0.2, 0.25) is 0 Å². The fourth-order valence-electron chi connectivity index (χ4n) is 1.09. The van der Waals surface area contributed by atoms with Crippen molar-refractivity contribution >= 4 is 13.1 Å². The van der Waals surface area contributed by atoms with Crippen LogP contribution in [0.4, 0.5) is 0 Å². The Kier molecular flexibility index (Phi) is 1.73. The van der Waals surface area contributed by atoms with Gasteiger partial charge in [-0.15, -0.1) is 0 Å². The van der Waals surface area contributed by atoms with Crippen molar-refractivity contribution < 1.29 is 14.1 Å². The van der Waals surface area contributed by atoms with Gasteiger partial charge in [-0.05, 0) is 20.7 Å².